The molecule has 5 rings (SSSR count). The minimum absolute atomic E-state index is 0.128. The summed E-state index contributed by atoms with van der Waals surface area (Å²) in [5.74, 6) is 0.952. The second-order valence-electron chi connectivity index (χ2n) is 8.88. The summed E-state index contributed by atoms with van der Waals surface area (Å²) in [7, 11) is 4.14. The van der Waals surface area contributed by atoms with Gasteiger partial charge in [0.15, 0.2) is 0 Å². The number of benzene rings is 1. The van der Waals surface area contributed by atoms with Gasteiger partial charge in [-0.15, -0.1) is 0 Å². The largest absolute Gasteiger partial charge is 0.378 e. The maximum absolute atomic E-state index is 13.2. The van der Waals surface area contributed by atoms with Gasteiger partial charge in [0, 0.05) is 81.1 Å². The molecule has 2 atom stereocenters. The average Bonchev–Trinajstić information content (AvgIpc) is 2.75. The van der Waals surface area contributed by atoms with Gasteiger partial charge in [-0.3, -0.25) is 14.7 Å². The Balaban J connectivity index is 1.37. The molecule has 2 aliphatic heterocycles. The quantitative estimate of drug-likeness (QED) is 0.671. The van der Waals surface area contributed by atoms with Gasteiger partial charge in [-0.2, -0.15) is 0 Å². The Kier molecular flexibility index (Phi) is 4.91. The lowest BCUT2D eigenvalue weighted by atomic mass is 9.82. The summed E-state index contributed by atoms with van der Waals surface area (Å²) >= 11 is 0. The summed E-state index contributed by atoms with van der Waals surface area (Å²) < 4.78 is 2.03. The van der Waals surface area contributed by atoms with Crippen molar-refractivity contribution in [2.45, 2.75) is 25.4 Å². The number of likely N-dealkylation sites (tertiary alicyclic amines) is 1. The van der Waals surface area contributed by atoms with Crippen LogP contribution in [0.15, 0.2) is 65.7 Å². The van der Waals surface area contributed by atoms with Crippen LogP contribution < -0.4 is 10.5 Å². The highest BCUT2D eigenvalue weighted by molar-refractivity contribution is 5.61. The lowest BCUT2D eigenvalue weighted by Gasteiger charge is -2.43. The molecule has 0 saturated carbocycles. The van der Waals surface area contributed by atoms with Gasteiger partial charge in [0.05, 0.1) is 0 Å². The molecular formula is C25H28N4O. The number of nitrogens with zero attached hydrogens (tertiary/aromatic N) is 4. The van der Waals surface area contributed by atoms with E-state index in [0.29, 0.717) is 11.8 Å². The van der Waals surface area contributed by atoms with Crippen molar-refractivity contribution in [3.8, 4) is 11.1 Å². The van der Waals surface area contributed by atoms with Crippen LogP contribution in [0.4, 0.5) is 5.69 Å². The van der Waals surface area contributed by atoms with Crippen LogP contribution in [0.2, 0.25) is 0 Å². The molecule has 0 unspecified atom stereocenters. The van der Waals surface area contributed by atoms with Crippen LogP contribution in [0.5, 0.6) is 0 Å². The molecule has 0 aliphatic carbocycles. The summed E-state index contributed by atoms with van der Waals surface area (Å²) in [5.41, 5.74) is 5.55. The molecule has 4 heterocycles. The highest BCUT2D eigenvalue weighted by Crippen LogP contribution is 2.36. The van der Waals surface area contributed by atoms with Gasteiger partial charge in [0.1, 0.15) is 0 Å². The fourth-order valence-corrected chi connectivity index (χ4v) is 5.07. The number of hydrogen-bond donors (Lipinski definition) is 0. The van der Waals surface area contributed by atoms with Crippen LogP contribution in [-0.4, -0.2) is 41.6 Å². The standard InChI is InChI=1S/C25H28N4O/c1-27(2)22-7-5-18(6-8-22)14-28-15-19-12-21(17-28)24-10-9-23(25(30)29(24)16-19)20-4-3-11-26-13-20/h3-11,13,19,21H,12,14-17H2,1-2H3/t19-,21+/m0/s1. The minimum atomic E-state index is 0.128. The van der Waals surface area contributed by atoms with Crippen molar-refractivity contribution < 1.29 is 0 Å². The predicted octanol–water partition coefficient (Wildman–Crippen LogP) is 3.60. The molecule has 30 heavy (non-hydrogen) atoms. The summed E-state index contributed by atoms with van der Waals surface area (Å²) in [6.45, 7) is 3.85. The fraction of sp³-hybridized carbons (Fsp3) is 0.360. The minimum Gasteiger partial charge on any atom is -0.378 e. The van der Waals surface area contributed by atoms with E-state index < -0.39 is 0 Å². The Bertz CT molecular complexity index is 1090. The van der Waals surface area contributed by atoms with Crippen molar-refractivity contribution in [2.24, 2.45) is 5.92 Å². The van der Waals surface area contributed by atoms with Crippen LogP contribution in [0, 0.1) is 5.92 Å². The van der Waals surface area contributed by atoms with E-state index in [-0.39, 0.29) is 5.56 Å². The fourth-order valence-electron chi connectivity index (χ4n) is 5.07. The molecule has 1 saturated heterocycles. The number of aromatic nitrogens is 2. The molecule has 5 heteroatoms. The smallest absolute Gasteiger partial charge is 0.258 e. The third-order valence-electron chi connectivity index (χ3n) is 6.51. The molecule has 0 radical (unpaired) electrons. The highest BCUT2D eigenvalue weighted by atomic mass is 16.1. The number of pyridine rings is 2. The monoisotopic (exact) mass is 400 g/mol. The number of rotatable bonds is 4. The van der Waals surface area contributed by atoms with E-state index in [9.17, 15) is 4.79 Å². The van der Waals surface area contributed by atoms with Crippen molar-refractivity contribution in [1.29, 1.82) is 0 Å². The SMILES string of the molecule is CN(C)c1ccc(CN2C[C@@H]3C[C@H](C2)c2ccc(-c4cccnc4)c(=O)n2C3)cc1. The normalized spacial score (nSPS) is 20.6. The molecule has 2 bridgehead atoms. The maximum Gasteiger partial charge on any atom is 0.258 e. The Hall–Kier alpha value is -2.92. The van der Waals surface area contributed by atoms with Crippen LogP contribution in [0.25, 0.3) is 11.1 Å². The Morgan fingerprint density at radius 1 is 1.03 bits per heavy atom. The zero-order valence-electron chi connectivity index (χ0n) is 17.7. The van der Waals surface area contributed by atoms with Gasteiger partial charge in [0.25, 0.3) is 5.56 Å². The van der Waals surface area contributed by atoms with E-state index in [2.05, 4.69) is 59.2 Å². The van der Waals surface area contributed by atoms with E-state index in [1.165, 1.54) is 23.4 Å². The maximum atomic E-state index is 13.2. The predicted molar refractivity (Wildman–Crippen MR) is 121 cm³/mol. The summed E-state index contributed by atoms with van der Waals surface area (Å²) in [4.78, 5) is 22.1. The third-order valence-corrected chi connectivity index (χ3v) is 6.51. The topological polar surface area (TPSA) is 41.4 Å². The first-order valence-corrected chi connectivity index (χ1v) is 10.7. The van der Waals surface area contributed by atoms with Gasteiger partial charge in [-0.25, -0.2) is 0 Å². The van der Waals surface area contributed by atoms with E-state index in [0.717, 1.165) is 37.3 Å². The number of fused-ring (bicyclic) bond motifs is 4. The van der Waals surface area contributed by atoms with Crippen LogP contribution in [-0.2, 0) is 13.1 Å². The number of anilines is 1. The van der Waals surface area contributed by atoms with Crippen molar-refractivity contribution in [1.82, 2.24) is 14.5 Å². The van der Waals surface area contributed by atoms with Crippen molar-refractivity contribution in [3.05, 3.63) is 82.5 Å². The first-order valence-electron chi connectivity index (χ1n) is 10.7. The molecule has 0 amide bonds. The van der Waals surface area contributed by atoms with Crippen LogP contribution >= 0.6 is 0 Å². The third kappa shape index (κ3) is 3.54. The molecule has 2 aromatic heterocycles. The average molecular weight is 401 g/mol. The Morgan fingerprint density at radius 3 is 2.60 bits per heavy atom. The second-order valence-corrected chi connectivity index (χ2v) is 8.88. The first kappa shape index (κ1) is 19.1. The summed E-state index contributed by atoms with van der Waals surface area (Å²) in [6.07, 6.45) is 4.70. The van der Waals surface area contributed by atoms with Gasteiger partial charge >= 0.3 is 0 Å². The molecule has 0 spiro atoms. The lowest BCUT2D eigenvalue weighted by molar-refractivity contribution is 0.114. The summed E-state index contributed by atoms with van der Waals surface area (Å²) in [5, 5.41) is 0. The van der Waals surface area contributed by atoms with Crippen molar-refractivity contribution >= 4 is 5.69 Å². The Morgan fingerprint density at radius 2 is 1.87 bits per heavy atom. The van der Waals surface area contributed by atoms with Gasteiger partial charge in [0.2, 0.25) is 0 Å². The molecular weight excluding hydrogens is 372 g/mol. The molecule has 1 aromatic carbocycles. The molecule has 5 nitrogen and oxygen atoms in total. The zero-order valence-corrected chi connectivity index (χ0v) is 17.7. The highest BCUT2D eigenvalue weighted by Gasteiger charge is 2.34. The van der Waals surface area contributed by atoms with Crippen molar-refractivity contribution in [2.75, 3.05) is 32.1 Å². The van der Waals surface area contributed by atoms with Gasteiger partial charge in [-0.05, 0) is 48.2 Å². The molecule has 154 valence electrons. The van der Waals surface area contributed by atoms with E-state index in [1.807, 2.05) is 22.8 Å². The molecule has 1 fully saturated rings. The summed E-state index contributed by atoms with van der Waals surface area (Å²) in [6, 6.07) is 16.9. The van der Waals surface area contributed by atoms with Gasteiger partial charge < -0.3 is 9.47 Å². The van der Waals surface area contributed by atoms with E-state index in [4.69, 9.17) is 0 Å². The Labute approximate surface area is 177 Å². The zero-order chi connectivity index (χ0) is 20.7. The van der Waals surface area contributed by atoms with Crippen LogP contribution in [0.3, 0.4) is 0 Å². The van der Waals surface area contributed by atoms with Crippen LogP contribution in [0.1, 0.15) is 23.6 Å². The van der Waals surface area contributed by atoms with E-state index in [1.54, 1.807) is 12.4 Å². The number of hydrogen-bond acceptors (Lipinski definition) is 4. The van der Waals surface area contributed by atoms with Crippen molar-refractivity contribution in [3.63, 3.8) is 0 Å². The molecule has 2 aliphatic rings. The van der Waals surface area contributed by atoms with E-state index >= 15 is 0 Å². The lowest BCUT2D eigenvalue weighted by Crippen LogP contribution is -2.46. The first-order chi connectivity index (χ1) is 14.6. The number of piperidine rings is 1. The van der Waals surface area contributed by atoms with Gasteiger partial charge in [-0.1, -0.05) is 18.2 Å². The second kappa shape index (κ2) is 7.73. The molecule has 0 N–H and O–H groups in total. The molecule has 3 aromatic rings.